The first-order valence-electron chi connectivity index (χ1n) is 6.96. The summed E-state index contributed by atoms with van der Waals surface area (Å²) < 4.78 is 1.58. The largest absolute Gasteiger partial charge is 0.309 e. The average molecular weight is 326 g/mol. The van der Waals surface area contributed by atoms with Crippen molar-refractivity contribution in [2.75, 3.05) is 6.54 Å². The molecule has 2 aromatic rings. The van der Waals surface area contributed by atoms with E-state index < -0.39 is 0 Å². The monoisotopic (exact) mass is 325 g/mol. The van der Waals surface area contributed by atoms with E-state index in [0.717, 1.165) is 33.6 Å². The second-order valence-electron chi connectivity index (χ2n) is 5.22. The first kappa shape index (κ1) is 14.4. The van der Waals surface area contributed by atoms with Crippen molar-refractivity contribution in [2.45, 2.75) is 31.7 Å². The maximum atomic E-state index is 6.37. The van der Waals surface area contributed by atoms with Crippen molar-refractivity contribution in [3.8, 4) is 0 Å². The maximum Gasteiger partial charge on any atom is 0.0992 e. The normalized spacial score (nSPS) is 18.4. The van der Waals surface area contributed by atoms with Crippen molar-refractivity contribution in [3.63, 3.8) is 0 Å². The molecule has 3 rings (SSSR count). The minimum absolute atomic E-state index is 0.265. The van der Waals surface area contributed by atoms with E-state index in [-0.39, 0.29) is 6.04 Å². The van der Waals surface area contributed by atoms with Gasteiger partial charge in [0.25, 0.3) is 0 Å². The Morgan fingerprint density at radius 3 is 2.80 bits per heavy atom. The molecule has 20 heavy (non-hydrogen) atoms. The number of nitrogens with one attached hydrogen (secondary N) is 1. The van der Waals surface area contributed by atoms with Gasteiger partial charge in [0, 0.05) is 17.5 Å². The molecule has 0 saturated carbocycles. The Bertz CT molecular complexity index is 608. The highest BCUT2D eigenvalue weighted by atomic mass is 35.5. The topological polar surface area (TPSA) is 12.0 Å². The van der Waals surface area contributed by atoms with E-state index in [2.05, 4.69) is 36.5 Å². The predicted molar refractivity (Wildman–Crippen MR) is 88.3 cm³/mol. The van der Waals surface area contributed by atoms with E-state index in [4.69, 9.17) is 23.2 Å². The Balaban J connectivity index is 1.90. The van der Waals surface area contributed by atoms with Crippen molar-refractivity contribution >= 4 is 34.5 Å². The molecule has 0 radical (unpaired) electrons. The molecule has 1 aromatic heterocycles. The van der Waals surface area contributed by atoms with Gasteiger partial charge in [-0.15, -0.1) is 11.3 Å². The van der Waals surface area contributed by atoms with E-state index in [1.54, 1.807) is 0 Å². The minimum Gasteiger partial charge on any atom is -0.309 e. The molecule has 2 unspecified atom stereocenters. The lowest BCUT2D eigenvalue weighted by atomic mass is 9.72. The smallest absolute Gasteiger partial charge is 0.0992 e. The summed E-state index contributed by atoms with van der Waals surface area (Å²) in [5.41, 5.74) is 4.05. The van der Waals surface area contributed by atoms with Gasteiger partial charge in [0.2, 0.25) is 0 Å². The third-order valence-corrected chi connectivity index (χ3v) is 5.45. The van der Waals surface area contributed by atoms with Crippen molar-refractivity contribution in [1.82, 2.24) is 5.32 Å². The summed E-state index contributed by atoms with van der Waals surface area (Å²) in [5, 5.41) is 3.65. The van der Waals surface area contributed by atoms with Crippen LogP contribution in [0.5, 0.6) is 0 Å². The van der Waals surface area contributed by atoms with Gasteiger partial charge >= 0.3 is 0 Å². The van der Waals surface area contributed by atoms with Crippen LogP contribution >= 0.6 is 34.5 Å². The molecule has 2 atom stereocenters. The van der Waals surface area contributed by atoms with Crippen molar-refractivity contribution in [3.05, 3.63) is 55.7 Å². The van der Waals surface area contributed by atoms with Crippen LogP contribution in [-0.2, 0) is 6.42 Å². The fourth-order valence-electron chi connectivity index (χ4n) is 2.93. The molecule has 0 saturated heterocycles. The molecule has 1 N–H and O–H groups in total. The second kappa shape index (κ2) is 6.07. The number of hydrogen-bond acceptors (Lipinski definition) is 2. The van der Waals surface area contributed by atoms with E-state index >= 15 is 0 Å². The number of benzene rings is 1. The van der Waals surface area contributed by atoms with Crippen LogP contribution in [0.1, 0.15) is 42.0 Å². The summed E-state index contributed by atoms with van der Waals surface area (Å²) >= 11 is 13.9. The van der Waals surface area contributed by atoms with E-state index in [1.165, 1.54) is 22.5 Å². The summed E-state index contributed by atoms with van der Waals surface area (Å²) in [6, 6.07) is 10.9. The van der Waals surface area contributed by atoms with Gasteiger partial charge in [-0.05, 0) is 36.6 Å². The average Bonchev–Trinajstić information content (AvgIpc) is 2.74. The number of halogens is 2. The molecule has 0 bridgehead atoms. The van der Waals surface area contributed by atoms with Crippen molar-refractivity contribution in [1.29, 1.82) is 0 Å². The van der Waals surface area contributed by atoms with Gasteiger partial charge in [-0.2, -0.15) is 0 Å². The van der Waals surface area contributed by atoms with Crippen LogP contribution in [-0.4, -0.2) is 6.54 Å². The number of rotatable bonds is 5. The second-order valence-corrected chi connectivity index (χ2v) is 7.51. The van der Waals surface area contributed by atoms with Gasteiger partial charge in [-0.25, -0.2) is 0 Å². The quantitative estimate of drug-likeness (QED) is 0.772. The van der Waals surface area contributed by atoms with Gasteiger partial charge in [-0.1, -0.05) is 54.4 Å². The predicted octanol–water partition coefficient (Wildman–Crippen LogP) is 5.44. The van der Waals surface area contributed by atoms with E-state index in [0.29, 0.717) is 5.92 Å². The molecule has 106 valence electrons. The molecule has 1 heterocycles. The maximum absolute atomic E-state index is 6.37. The van der Waals surface area contributed by atoms with Crippen LogP contribution in [0.4, 0.5) is 0 Å². The highest BCUT2D eigenvalue weighted by Crippen LogP contribution is 2.47. The lowest BCUT2D eigenvalue weighted by Gasteiger charge is -2.37. The first-order valence-corrected chi connectivity index (χ1v) is 8.54. The minimum atomic E-state index is 0.265. The van der Waals surface area contributed by atoms with Gasteiger partial charge in [0.1, 0.15) is 0 Å². The van der Waals surface area contributed by atoms with Crippen LogP contribution in [0.2, 0.25) is 8.67 Å². The molecule has 0 fully saturated rings. The third kappa shape index (κ3) is 2.62. The third-order valence-electron chi connectivity index (χ3n) is 3.93. The van der Waals surface area contributed by atoms with Gasteiger partial charge in [-0.3, -0.25) is 0 Å². The SMILES string of the molecule is CCCNC(c1cc(Cl)sc1Cl)C1Cc2ccccc21. The molecular weight excluding hydrogens is 309 g/mol. The standard InChI is InChI=1S/C16H17Cl2NS/c1-2-7-19-15(13-9-14(17)20-16(13)18)12-8-10-5-3-4-6-11(10)12/h3-6,9,12,15,19H,2,7-8H2,1H3. The highest BCUT2D eigenvalue weighted by Gasteiger charge is 2.34. The van der Waals surface area contributed by atoms with Crippen LogP contribution in [0, 0.1) is 0 Å². The lowest BCUT2D eigenvalue weighted by Crippen LogP contribution is -2.33. The van der Waals surface area contributed by atoms with Crippen LogP contribution in [0.25, 0.3) is 0 Å². The zero-order valence-electron chi connectivity index (χ0n) is 11.3. The Labute approximate surface area is 133 Å². The van der Waals surface area contributed by atoms with E-state index in [1.807, 2.05) is 6.07 Å². The van der Waals surface area contributed by atoms with Crippen molar-refractivity contribution < 1.29 is 0 Å². The van der Waals surface area contributed by atoms with Gasteiger partial charge in [0.15, 0.2) is 0 Å². The Morgan fingerprint density at radius 2 is 2.15 bits per heavy atom. The summed E-state index contributed by atoms with van der Waals surface area (Å²) in [7, 11) is 0. The van der Waals surface area contributed by atoms with Gasteiger partial charge in [0.05, 0.1) is 8.67 Å². The summed E-state index contributed by atoms with van der Waals surface area (Å²) in [5.74, 6) is 0.501. The first-order chi connectivity index (χ1) is 9.70. The van der Waals surface area contributed by atoms with Crippen molar-refractivity contribution in [2.24, 2.45) is 0 Å². The fraction of sp³-hybridized carbons (Fsp3) is 0.375. The molecule has 1 aliphatic carbocycles. The van der Waals surface area contributed by atoms with Crippen LogP contribution in [0.15, 0.2) is 30.3 Å². The van der Waals surface area contributed by atoms with Crippen LogP contribution in [0.3, 0.4) is 0 Å². The summed E-state index contributed by atoms with van der Waals surface area (Å²) in [4.78, 5) is 0. The summed E-state index contributed by atoms with van der Waals surface area (Å²) in [6.45, 7) is 3.17. The molecule has 0 amide bonds. The van der Waals surface area contributed by atoms with E-state index in [9.17, 15) is 0 Å². The number of hydrogen-bond donors (Lipinski definition) is 1. The number of thiophene rings is 1. The Morgan fingerprint density at radius 1 is 1.35 bits per heavy atom. The zero-order valence-corrected chi connectivity index (χ0v) is 13.7. The molecule has 1 aromatic carbocycles. The number of fused-ring (bicyclic) bond motifs is 1. The highest BCUT2D eigenvalue weighted by molar-refractivity contribution is 7.20. The van der Waals surface area contributed by atoms with Gasteiger partial charge < -0.3 is 5.32 Å². The molecular formula is C16H17Cl2NS. The lowest BCUT2D eigenvalue weighted by molar-refractivity contribution is 0.412. The summed E-state index contributed by atoms with van der Waals surface area (Å²) in [6.07, 6.45) is 2.22. The fourth-order valence-corrected chi connectivity index (χ4v) is 4.48. The Kier molecular flexibility index (Phi) is 4.37. The molecule has 0 aliphatic heterocycles. The molecule has 4 heteroatoms. The molecule has 1 nitrogen and oxygen atoms in total. The Hall–Kier alpha value is -0.540. The molecule has 1 aliphatic rings. The molecule has 0 spiro atoms. The van der Waals surface area contributed by atoms with Crippen LogP contribution < -0.4 is 5.32 Å². The zero-order chi connectivity index (χ0) is 14.1.